The van der Waals surface area contributed by atoms with Gasteiger partial charge in [0.05, 0.1) is 4.90 Å². The van der Waals surface area contributed by atoms with Gasteiger partial charge in [0.25, 0.3) is 0 Å². The Labute approximate surface area is 118 Å². The van der Waals surface area contributed by atoms with Gasteiger partial charge in [-0.05, 0) is 25.5 Å². The van der Waals surface area contributed by atoms with Gasteiger partial charge in [-0.3, -0.25) is 0 Å². The van der Waals surface area contributed by atoms with Gasteiger partial charge >= 0.3 is 0 Å². The Balaban J connectivity index is 2.03. The van der Waals surface area contributed by atoms with Crippen molar-refractivity contribution in [2.75, 3.05) is 26.4 Å². The highest BCUT2D eigenvalue weighted by Gasteiger charge is 2.33. The summed E-state index contributed by atoms with van der Waals surface area (Å²) in [5.74, 6) is 1.10. The minimum Gasteiger partial charge on any atom is -0.454 e. The van der Waals surface area contributed by atoms with Crippen LogP contribution in [0.15, 0.2) is 17.0 Å². The monoisotopic (exact) mass is 298 g/mol. The van der Waals surface area contributed by atoms with Crippen molar-refractivity contribution >= 4 is 10.0 Å². The molecule has 0 spiro atoms. The van der Waals surface area contributed by atoms with Gasteiger partial charge < -0.3 is 14.8 Å². The number of nitrogens with one attached hydrogen (secondary N) is 1. The molecule has 2 aliphatic heterocycles. The number of ether oxygens (including phenoxy) is 2. The minimum atomic E-state index is -3.51. The van der Waals surface area contributed by atoms with E-state index in [1.165, 1.54) is 0 Å². The first-order chi connectivity index (χ1) is 9.50. The van der Waals surface area contributed by atoms with Crippen LogP contribution in [0, 0.1) is 6.92 Å². The standard InChI is InChI=1S/C13H18N2O4S/c1-9-5-11-12(19-8-18-11)6-13(9)20(16,17)15-4-3-14-7-10(15)2/h5-6,10,14H,3-4,7-8H2,1-2H3/t10-/m0/s1. The summed E-state index contributed by atoms with van der Waals surface area (Å²) in [5.41, 5.74) is 0.681. The predicted octanol–water partition coefficient (Wildman–Crippen LogP) is 0.706. The number of nitrogens with zero attached hydrogens (tertiary/aromatic N) is 1. The number of aryl methyl sites for hydroxylation is 1. The van der Waals surface area contributed by atoms with Crippen molar-refractivity contribution in [1.82, 2.24) is 9.62 Å². The fourth-order valence-electron chi connectivity index (χ4n) is 2.61. The summed E-state index contributed by atoms with van der Waals surface area (Å²) in [6.07, 6.45) is 0. The van der Waals surface area contributed by atoms with Crippen LogP contribution in [-0.4, -0.2) is 45.2 Å². The average Bonchev–Trinajstić information content (AvgIpc) is 2.85. The van der Waals surface area contributed by atoms with Crippen LogP contribution < -0.4 is 14.8 Å². The Morgan fingerprint density at radius 2 is 2.00 bits per heavy atom. The number of piperazine rings is 1. The molecule has 3 rings (SSSR count). The molecular weight excluding hydrogens is 280 g/mol. The van der Waals surface area contributed by atoms with Crippen LogP contribution in [0.4, 0.5) is 0 Å². The zero-order valence-corrected chi connectivity index (χ0v) is 12.4. The molecule has 110 valence electrons. The second-order valence-electron chi connectivity index (χ2n) is 5.14. The van der Waals surface area contributed by atoms with Gasteiger partial charge in [-0.1, -0.05) is 0 Å². The molecule has 0 aromatic heterocycles. The van der Waals surface area contributed by atoms with Crippen LogP contribution in [0.25, 0.3) is 0 Å². The minimum absolute atomic E-state index is 0.0569. The first-order valence-electron chi connectivity index (χ1n) is 6.63. The second kappa shape index (κ2) is 4.91. The van der Waals surface area contributed by atoms with Crippen LogP contribution >= 0.6 is 0 Å². The zero-order chi connectivity index (χ0) is 14.3. The van der Waals surface area contributed by atoms with E-state index >= 15 is 0 Å². The largest absolute Gasteiger partial charge is 0.454 e. The van der Waals surface area contributed by atoms with Crippen molar-refractivity contribution < 1.29 is 17.9 Å². The van der Waals surface area contributed by atoms with Gasteiger partial charge in [0, 0.05) is 31.7 Å². The Hall–Kier alpha value is -1.31. The molecule has 2 heterocycles. The second-order valence-corrected chi connectivity index (χ2v) is 7.00. The van der Waals surface area contributed by atoms with E-state index in [0.717, 1.165) is 0 Å². The highest BCUT2D eigenvalue weighted by atomic mass is 32.2. The van der Waals surface area contributed by atoms with E-state index in [1.807, 2.05) is 6.92 Å². The van der Waals surface area contributed by atoms with E-state index in [4.69, 9.17) is 9.47 Å². The van der Waals surface area contributed by atoms with Gasteiger partial charge in [-0.15, -0.1) is 0 Å². The number of rotatable bonds is 2. The van der Waals surface area contributed by atoms with Gasteiger partial charge in [0.1, 0.15) is 0 Å². The highest BCUT2D eigenvalue weighted by molar-refractivity contribution is 7.89. The summed E-state index contributed by atoms with van der Waals surface area (Å²) in [4.78, 5) is 0.301. The zero-order valence-electron chi connectivity index (χ0n) is 11.5. The fraction of sp³-hybridized carbons (Fsp3) is 0.538. The Morgan fingerprint density at radius 1 is 1.30 bits per heavy atom. The molecule has 0 saturated carbocycles. The Bertz CT molecular complexity index is 630. The average molecular weight is 298 g/mol. The summed E-state index contributed by atoms with van der Waals surface area (Å²) in [6, 6.07) is 3.24. The maximum absolute atomic E-state index is 12.8. The van der Waals surface area contributed by atoms with Crippen LogP contribution in [0.5, 0.6) is 11.5 Å². The predicted molar refractivity (Wildman–Crippen MR) is 73.5 cm³/mol. The molecule has 1 saturated heterocycles. The quantitative estimate of drug-likeness (QED) is 0.871. The third kappa shape index (κ3) is 2.15. The number of benzene rings is 1. The molecular formula is C13H18N2O4S. The van der Waals surface area contributed by atoms with Crippen LogP contribution in [0.2, 0.25) is 0 Å². The lowest BCUT2D eigenvalue weighted by Crippen LogP contribution is -2.52. The summed E-state index contributed by atoms with van der Waals surface area (Å²) in [7, 11) is -3.51. The topological polar surface area (TPSA) is 67.9 Å². The van der Waals surface area contributed by atoms with Gasteiger partial charge in [-0.25, -0.2) is 8.42 Å². The van der Waals surface area contributed by atoms with E-state index in [0.29, 0.717) is 41.6 Å². The number of hydrogen-bond acceptors (Lipinski definition) is 5. The van der Waals surface area contributed by atoms with Crippen molar-refractivity contribution in [2.24, 2.45) is 0 Å². The lowest BCUT2D eigenvalue weighted by atomic mass is 10.2. The first-order valence-corrected chi connectivity index (χ1v) is 8.07. The molecule has 0 aliphatic carbocycles. The van der Waals surface area contributed by atoms with Crippen LogP contribution in [0.1, 0.15) is 12.5 Å². The molecule has 1 fully saturated rings. The molecule has 7 heteroatoms. The number of hydrogen-bond donors (Lipinski definition) is 1. The molecule has 20 heavy (non-hydrogen) atoms. The van der Waals surface area contributed by atoms with E-state index in [9.17, 15) is 8.42 Å². The maximum atomic E-state index is 12.8. The highest BCUT2D eigenvalue weighted by Crippen LogP contribution is 2.37. The van der Waals surface area contributed by atoms with Crippen LogP contribution in [-0.2, 0) is 10.0 Å². The molecule has 1 N–H and O–H groups in total. The van der Waals surface area contributed by atoms with E-state index < -0.39 is 10.0 Å². The number of fused-ring (bicyclic) bond motifs is 1. The van der Waals surface area contributed by atoms with Crippen molar-refractivity contribution in [2.45, 2.75) is 24.8 Å². The van der Waals surface area contributed by atoms with Crippen molar-refractivity contribution in [1.29, 1.82) is 0 Å². The SMILES string of the molecule is Cc1cc2c(cc1S(=O)(=O)N1CCNC[C@@H]1C)OCO2. The fourth-order valence-corrected chi connectivity index (χ4v) is 4.46. The molecule has 0 radical (unpaired) electrons. The van der Waals surface area contributed by atoms with E-state index in [2.05, 4.69) is 5.32 Å². The van der Waals surface area contributed by atoms with Crippen molar-refractivity contribution in [3.63, 3.8) is 0 Å². The maximum Gasteiger partial charge on any atom is 0.243 e. The summed E-state index contributed by atoms with van der Waals surface area (Å²) >= 11 is 0. The molecule has 0 unspecified atom stereocenters. The summed E-state index contributed by atoms with van der Waals surface area (Å²) in [6.45, 7) is 5.66. The molecule has 1 atom stereocenters. The molecule has 1 aromatic carbocycles. The molecule has 0 amide bonds. The lowest BCUT2D eigenvalue weighted by molar-refractivity contribution is 0.174. The van der Waals surface area contributed by atoms with Gasteiger partial charge in [-0.2, -0.15) is 4.31 Å². The van der Waals surface area contributed by atoms with E-state index in [1.54, 1.807) is 23.4 Å². The molecule has 0 bridgehead atoms. The lowest BCUT2D eigenvalue weighted by Gasteiger charge is -2.33. The number of sulfonamides is 1. The van der Waals surface area contributed by atoms with Crippen LogP contribution in [0.3, 0.4) is 0 Å². The third-order valence-electron chi connectivity index (χ3n) is 3.70. The normalized spacial score (nSPS) is 23.0. The third-order valence-corrected chi connectivity index (χ3v) is 5.85. The first kappa shape index (κ1) is 13.7. The smallest absolute Gasteiger partial charge is 0.243 e. The molecule has 6 nitrogen and oxygen atoms in total. The molecule has 1 aromatic rings. The van der Waals surface area contributed by atoms with Crippen molar-refractivity contribution in [3.05, 3.63) is 17.7 Å². The summed E-state index contributed by atoms with van der Waals surface area (Å²) in [5, 5.41) is 3.19. The van der Waals surface area contributed by atoms with E-state index in [-0.39, 0.29) is 12.8 Å². The summed E-state index contributed by atoms with van der Waals surface area (Å²) < 4.78 is 37.7. The Kier molecular flexibility index (Phi) is 3.35. The Morgan fingerprint density at radius 3 is 2.70 bits per heavy atom. The van der Waals surface area contributed by atoms with Gasteiger partial charge in [0.2, 0.25) is 16.8 Å². The molecule has 2 aliphatic rings. The van der Waals surface area contributed by atoms with Crippen molar-refractivity contribution in [3.8, 4) is 11.5 Å². The van der Waals surface area contributed by atoms with Gasteiger partial charge in [0.15, 0.2) is 11.5 Å².